The number of rotatable bonds is 1. The van der Waals surface area contributed by atoms with Gasteiger partial charge in [0.2, 0.25) is 0 Å². The zero-order valence-corrected chi connectivity index (χ0v) is 13.5. The van der Waals surface area contributed by atoms with Crippen molar-refractivity contribution in [1.82, 2.24) is 0 Å². The standard InChI is InChI=1S/C17H22O6/c1-6-5-9-10(7(2)16(20)22-9)14(21-8(3)18)17(4)11(6)12(19)13-15(17)23-13/h6,9-15,19H,2,5H2,1,3-4H3/t6-,9-,10+,11-,12+,13-,14+,15-,17-/m1/s1. The Bertz CT molecular complexity index is 600. The van der Waals surface area contributed by atoms with Crippen LogP contribution in [-0.4, -0.2) is 47.6 Å². The van der Waals surface area contributed by atoms with Crippen LogP contribution < -0.4 is 0 Å². The maximum Gasteiger partial charge on any atom is 0.334 e. The van der Waals surface area contributed by atoms with Gasteiger partial charge in [-0.2, -0.15) is 0 Å². The average molecular weight is 322 g/mol. The second-order valence-electron chi connectivity index (χ2n) is 7.64. The lowest BCUT2D eigenvalue weighted by Gasteiger charge is -2.42. The van der Waals surface area contributed by atoms with Crippen LogP contribution in [0.25, 0.3) is 0 Å². The van der Waals surface area contributed by atoms with Gasteiger partial charge in [-0.3, -0.25) is 4.79 Å². The lowest BCUT2D eigenvalue weighted by molar-refractivity contribution is -0.166. The van der Waals surface area contributed by atoms with Crippen LogP contribution in [0.4, 0.5) is 0 Å². The van der Waals surface area contributed by atoms with Gasteiger partial charge < -0.3 is 19.3 Å². The molecule has 2 saturated heterocycles. The number of hydrogen-bond acceptors (Lipinski definition) is 6. The van der Waals surface area contributed by atoms with Gasteiger partial charge in [0.05, 0.1) is 18.1 Å². The van der Waals surface area contributed by atoms with E-state index in [-0.39, 0.29) is 36.1 Å². The van der Waals surface area contributed by atoms with Gasteiger partial charge in [-0.1, -0.05) is 20.4 Å². The monoisotopic (exact) mass is 322 g/mol. The van der Waals surface area contributed by atoms with Crippen LogP contribution in [0.1, 0.15) is 27.2 Å². The van der Waals surface area contributed by atoms with Crippen molar-refractivity contribution in [2.45, 2.75) is 57.7 Å². The Morgan fingerprint density at radius 1 is 1.48 bits per heavy atom. The van der Waals surface area contributed by atoms with E-state index in [0.717, 1.165) is 0 Å². The molecule has 126 valence electrons. The molecule has 9 atom stereocenters. The van der Waals surface area contributed by atoms with E-state index in [1.54, 1.807) is 0 Å². The van der Waals surface area contributed by atoms with Crippen LogP contribution in [0.2, 0.25) is 0 Å². The summed E-state index contributed by atoms with van der Waals surface area (Å²) in [5.74, 6) is -1.14. The van der Waals surface area contributed by atoms with Crippen molar-refractivity contribution in [2.24, 2.45) is 23.2 Å². The van der Waals surface area contributed by atoms with Gasteiger partial charge in [-0.05, 0) is 12.3 Å². The molecule has 1 N–H and O–H groups in total. The number of aliphatic hydroxyl groups excluding tert-OH is 1. The average Bonchev–Trinajstić information content (AvgIpc) is 3.17. The quantitative estimate of drug-likeness (QED) is 0.437. The Balaban J connectivity index is 1.83. The van der Waals surface area contributed by atoms with Crippen LogP contribution in [0, 0.1) is 23.2 Å². The molecule has 4 rings (SSSR count). The fourth-order valence-corrected chi connectivity index (χ4v) is 5.45. The molecule has 4 aliphatic rings. The molecule has 0 aromatic rings. The molecule has 0 spiro atoms. The highest BCUT2D eigenvalue weighted by Crippen LogP contribution is 2.64. The minimum atomic E-state index is -0.583. The molecular formula is C17H22O6. The lowest BCUT2D eigenvalue weighted by atomic mass is 9.67. The maximum atomic E-state index is 12.0. The van der Waals surface area contributed by atoms with Gasteiger partial charge >= 0.3 is 11.9 Å². The third kappa shape index (κ3) is 1.82. The first-order chi connectivity index (χ1) is 10.8. The van der Waals surface area contributed by atoms with E-state index in [1.165, 1.54) is 6.92 Å². The van der Waals surface area contributed by atoms with Crippen LogP contribution in [0.3, 0.4) is 0 Å². The van der Waals surface area contributed by atoms with E-state index in [9.17, 15) is 14.7 Å². The molecule has 0 unspecified atom stereocenters. The smallest absolute Gasteiger partial charge is 0.334 e. The van der Waals surface area contributed by atoms with E-state index in [0.29, 0.717) is 12.0 Å². The summed E-state index contributed by atoms with van der Waals surface area (Å²) in [7, 11) is 0. The Kier molecular flexibility index (Phi) is 3.01. The normalized spacial score (nSPS) is 53.7. The zero-order valence-electron chi connectivity index (χ0n) is 13.5. The van der Waals surface area contributed by atoms with Gasteiger partial charge in [0.1, 0.15) is 18.3 Å². The second-order valence-corrected chi connectivity index (χ2v) is 7.64. The molecular weight excluding hydrogens is 300 g/mol. The molecule has 2 aliphatic heterocycles. The highest BCUT2D eigenvalue weighted by molar-refractivity contribution is 5.91. The Labute approximate surface area is 134 Å². The predicted molar refractivity (Wildman–Crippen MR) is 78.1 cm³/mol. The summed E-state index contributed by atoms with van der Waals surface area (Å²) in [6.45, 7) is 9.29. The van der Waals surface area contributed by atoms with Gasteiger partial charge in [0.25, 0.3) is 0 Å². The molecule has 2 saturated carbocycles. The van der Waals surface area contributed by atoms with E-state index >= 15 is 0 Å². The minimum Gasteiger partial charge on any atom is -0.461 e. The van der Waals surface area contributed by atoms with Crippen molar-refractivity contribution in [3.05, 3.63) is 12.2 Å². The summed E-state index contributed by atoms with van der Waals surface area (Å²) in [6.07, 6.45) is -1.25. The summed E-state index contributed by atoms with van der Waals surface area (Å²) >= 11 is 0. The molecule has 0 radical (unpaired) electrons. The molecule has 23 heavy (non-hydrogen) atoms. The second kappa shape index (κ2) is 4.57. The first kappa shape index (κ1) is 15.1. The van der Waals surface area contributed by atoms with Crippen LogP contribution in [0.5, 0.6) is 0 Å². The lowest BCUT2D eigenvalue weighted by Crippen LogP contribution is -2.50. The number of fused-ring (bicyclic) bond motifs is 4. The van der Waals surface area contributed by atoms with Gasteiger partial charge in [-0.25, -0.2) is 4.79 Å². The molecule has 4 fully saturated rings. The van der Waals surface area contributed by atoms with E-state index in [1.807, 2.05) is 6.92 Å². The number of carbonyl (C=O) groups is 2. The first-order valence-electron chi connectivity index (χ1n) is 8.17. The topological polar surface area (TPSA) is 85.4 Å². The van der Waals surface area contributed by atoms with Crippen molar-refractivity contribution >= 4 is 11.9 Å². The summed E-state index contributed by atoms with van der Waals surface area (Å²) in [4.78, 5) is 23.7. The molecule has 6 nitrogen and oxygen atoms in total. The highest BCUT2D eigenvalue weighted by atomic mass is 16.6. The highest BCUT2D eigenvalue weighted by Gasteiger charge is 2.75. The molecule has 0 aromatic carbocycles. The largest absolute Gasteiger partial charge is 0.461 e. The van der Waals surface area contributed by atoms with E-state index in [2.05, 4.69) is 13.5 Å². The van der Waals surface area contributed by atoms with Crippen molar-refractivity contribution in [2.75, 3.05) is 0 Å². The number of carbonyl (C=O) groups excluding carboxylic acids is 2. The van der Waals surface area contributed by atoms with Gasteiger partial charge in [0, 0.05) is 23.8 Å². The fourth-order valence-electron chi connectivity index (χ4n) is 5.45. The van der Waals surface area contributed by atoms with Crippen molar-refractivity contribution in [3.63, 3.8) is 0 Å². The van der Waals surface area contributed by atoms with Gasteiger partial charge in [-0.15, -0.1) is 0 Å². The van der Waals surface area contributed by atoms with E-state index in [4.69, 9.17) is 14.2 Å². The van der Waals surface area contributed by atoms with Crippen LogP contribution in [0.15, 0.2) is 12.2 Å². The molecule has 2 heterocycles. The molecule has 0 bridgehead atoms. The summed E-state index contributed by atoms with van der Waals surface area (Å²) in [6, 6.07) is 0. The number of hydrogen-bond donors (Lipinski definition) is 1. The Morgan fingerprint density at radius 3 is 2.83 bits per heavy atom. The minimum absolute atomic E-state index is 0.0623. The van der Waals surface area contributed by atoms with Crippen LogP contribution >= 0.6 is 0 Å². The molecule has 0 amide bonds. The number of ether oxygens (including phenoxy) is 3. The van der Waals surface area contributed by atoms with Gasteiger partial charge in [0.15, 0.2) is 0 Å². The Hall–Kier alpha value is -1.40. The summed E-state index contributed by atoms with van der Waals surface area (Å²) < 4.78 is 16.8. The van der Waals surface area contributed by atoms with Crippen LogP contribution in [-0.2, 0) is 23.8 Å². The number of epoxide rings is 1. The SMILES string of the molecule is C=C1C(=O)O[C@@H]2C[C@@H](C)[C@@H]3[C@H](O)[C@H]4O[C@H]4[C@@]3(C)[C@@H](OC(C)=O)[C@@H]12. The van der Waals surface area contributed by atoms with Crippen molar-refractivity contribution in [1.29, 1.82) is 0 Å². The zero-order chi connectivity index (χ0) is 16.7. The van der Waals surface area contributed by atoms with Crippen molar-refractivity contribution in [3.8, 4) is 0 Å². The molecule has 0 aromatic heterocycles. The predicted octanol–water partition coefficient (Wildman–Crippen LogP) is 0.820. The summed E-state index contributed by atoms with van der Waals surface area (Å²) in [5.41, 5.74) is -0.195. The fraction of sp³-hybridized carbons (Fsp3) is 0.765. The van der Waals surface area contributed by atoms with Crippen molar-refractivity contribution < 1.29 is 28.9 Å². The summed E-state index contributed by atoms with van der Waals surface area (Å²) in [5, 5.41) is 10.6. The van der Waals surface area contributed by atoms with E-state index < -0.39 is 29.6 Å². The third-order valence-electron chi connectivity index (χ3n) is 6.33. The maximum absolute atomic E-state index is 12.0. The third-order valence-corrected chi connectivity index (χ3v) is 6.33. The first-order valence-corrected chi connectivity index (χ1v) is 8.17. The number of aliphatic hydroxyl groups is 1. The molecule has 2 aliphatic carbocycles. The number of esters is 2. The molecule has 6 heteroatoms. The Morgan fingerprint density at radius 2 is 2.17 bits per heavy atom.